The van der Waals surface area contributed by atoms with E-state index in [1.807, 2.05) is 0 Å². The molecule has 2 heterocycles. The predicted molar refractivity (Wildman–Crippen MR) is 181 cm³/mol. The van der Waals surface area contributed by atoms with Crippen molar-refractivity contribution in [1.82, 2.24) is 9.97 Å². The van der Waals surface area contributed by atoms with Gasteiger partial charge in [0.2, 0.25) is 0 Å². The zero-order valence-electron chi connectivity index (χ0n) is 23.0. The maximum atomic E-state index is 3.50. The summed E-state index contributed by atoms with van der Waals surface area (Å²) < 4.78 is 0. The molecule has 0 aliphatic carbocycles. The molecule has 0 fully saturated rings. The Kier molecular flexibility index (Phi) is 5.82. The van der Waals surface area contributed by atoms with Crippen LogP contribution in [0.5, 0.6) is 0 Å². The van der Waals surface area contributed by atoms with Gasteiger partial charge in [-0.05, 0) is 69.8 Å². The van der Waals surface area contributed by atoms with Crippen LogP contribution < -0.4 is 0 Å². The summed E-state index contributed by atoms with van der Waals surface area (Å²) in [5.74, 6) is 0. The van der Waals surface area contributed by atoms with E-state index < -0.39 is 0 Å². The lowest BCUT2D eigenvalue weighted by Gasteiger charge is -2.04. The quantitative estimate of drug-likeness (QED) is 0.205. The van der Waals surface area contributed by atoms with E-state index in [0.29, 0.717) is 0 Å². The number of H-pyrrole nitrogens is 2. The van der Waals surface area contributed by atoms with Crippen LogP contribution in [-0.2, 0) is 0 Å². The number of aromatic amines is 2. The minimum Gasteiger partial charge on any atom is -0.355 e. The van der Waals surface area contributed by atoms with Gasteiger partial charge >= 0.3 is 0 Å². The van der Waals surface area contributed by atoms with E-state index in [9.17, 15) is 0 Å². The third-order valence-electron chi connectivity index (χ3n) is 8.15. The number of hydrogen-bond donors (Lipinski definition) is 2. The normalized spacial score (nSPS) is 12.1. The number of benzene rings is 6. The molecule has 0 unspecified atom stereocenters. The van der Waals surface area contributed by atoms with Gasteiger partial charge in [0.1, 0.15) is 0 Å². The van der Waals surface area contributed by atoms with Gasteiger partial charge in [0, 0.05) is 43.6 Å². The van der Waals surface area contributed by atoms with E-state index in [1.54, 1.807) is 0 Å². The number of nitrogens with one attached hydrogen (secondary N) is 2. The topological polar surface area (TPSA) is 31.6 Å². The van der Waals surface area contributed by atoms with Gasteiger partial charge in [0.25, 0.3) is 0 Å². The van der Waals surface area contributed by atoms with E-state index in [2.05, 4.69) is 168 Å². The van der Waals surface area contributed by atoms with Gasteiger partial charge < -0.3 is 9.97 Å². The highest BCUT2D eigenvalue weighted by Gasteiger charge is 2.05. The smallest absolute Gasteiger partial charge is 0.0465 e. The largest absolute Gasteiger partial charge is 0.355 e. The lowest BCUT2D eigenvalue weighted by molar-refractivity contribution is 1.54. The van der Waals surface area contributed by atoms with Gasteiger partial charge in [-0.3, -0.25) is 0 Å². The molecule has 0 aliphatic rings. The van der Waals surface area contributed by atoms with Crippen LogP contribution in [0.4, 0.5) is 0 Å². The maximum Gasteiger partial charge on any atom is 0.0465 e. The van der Waals surface area contributed by atoms with Crippen molar-refractivity contribution < 1.29 is 0 Å². The van der Waals surface area contributed by atoms with Crippen molar-refractivity contribution in [1.29, 1.82) is 0 Å². The van der Waals surface area contributed by atoms with E-state index in [-0.39, 0.29) is 0 Å². The minimum absolute atomic E-state index is 1.17. The van der Waals surface area contributed by atoms with Crippen LogP contribution in [0.15, 0.2) is 133 Å². The summed E-state index contributed by atoms with van der Waals surface area (Å²) in [7, 11) is 0. The number of hydrogen-bond acceptors (Lipinski definition) is 0. The first-order chi connectivity index (χ1) is 20.8. The maximum absolute atomic E-state index is 3.50. The lowest BCUT2D eigenvalue weighted by Crippen LogP contribution is -1.80. The van der Waals surface area contributed by atoms with Crippen molar-refractivity contribution in [2.75, 3.05) is 0 Å². The molecule has 2 heteroatoms. The van der Waals surface area contributed by atoms with Crippen molar-refractivity contribution in [3.8, 4) is 11.1 Å². The molecule has 0 saturated carbocycles. The van der Waals surface area contributed by atoms with Crippen LogP contribution in [0.3, 0.4) is 0 Å². The first-order valence-corrected chi connectivity index (χ1v) is 14.3. The highest BCUT2D eigenvalue weighted by molar-refractivity contribution is 6.08. The summed E-state index contributed by atoms with van der Waals surface area (Å²) in [4.78, 5) is 7.00. The van der Waals surface area contributed by atoms with Gasteiger partial charge in [-0.1, -0.05) is 121 Å². The van der Waals surface area contributed by atoms with Crippen molar-refractivity contribution in [3.05, 3.63) is 156 Å². The minimum atomic E-state index is 1.17. The van der Waals surface area contributed by atoms with Crippen LogP contribution in [0.2, 0.25) is 0 Å². The van der Waals surface area contributed by atoms with Crippen molar-refractivity contribution in [2.45, 2.75) is 0 Å². The Morgan fingerprint density at radius 3 is 1.12 bits per heavy atom. The van der Waals surface area contributed by atoms with Gasteiger partial charge in [-0.2, -0.15) is 0 Å². The van der Waals surface area contributed by atoms with Crippen LogP contribution in [0.1, 0.15) is 22.3 Å². The molecule has 0 radical (unpaired) electrons. The summed E-state index contributed by atoms with van der Waals surface area (Å²) in [6.07, 6.45) is 8.74. The van der Waals surface area contributed by atoms with Crippen LogP contribution >= 0.6 is 0 Å². The molecule has 6 aromatic carbocycles. The number of aromatic nitrogens is 2. The van der Waals surface area contributed by atoms with Crippen LogP contribution in [-0.4, -0.2) is 9.97 Å². The van der Waals surface area contributed by atoms with E-state index >= 15 is 0 Å². The predicted octanol–water partition coefficient (Wildman–Crippen LogP) is 11.0. The van der Waals surface area contributed by atoms with Crippen LogP contribution in [0.25, 0.3) is 79.0 Å². The van der Waals surface area contributed by atoms with Gasteiger partial charge in [-0.15, -0.1) is 0 Å². The second-order valence-electron chi connectivity index (χ2n) is 10.9. The molecule has 0 bridgehead atoms. The molecule has 198 valence electrons. The van der Waals surface area contributed by atoms with Gasteiger partial charge in [0.05, 0.1) is 0 Å². The average Bonchev–Trinajstić information content (AvgIpc) is 3.61. The lowest BCUT2D eigenvalue weighted by atomic mass is 10.0. The third-order valence-corrected chi connectivity index (χ3v) is 8.15. The summed E-state index contributed by atoms with van der Waals surface area (Å²) in [5, 5.41) is 5.05. The summed E-state index contributed by atoms with van der Waals surface area (Å²) in [6.45, 7) is 0. The number of fused-ring (bicyclic) bond motifs is 6. The fourth-order valence-corrected chi connectivity index (χ4v) is 5.90. The van der Waals surface area contributed by atoms with Crippen LogP contribution in [0, 0.1) is 0 Å². The zero-order chi connectivity index (χ0) is 27.9. The first kappa shape index (κ1) is 24.2. The van der Waals surface area contributed by atoms with Crippen molar-refractivity contribution in [3.63, 3.8) is 0 Å². The summed E-state index contributed by atoms with van der Waals surface area (Å²) >= 11 is 0. The van der Waals surface area contributed by atoms with Gasteiger partial charge in [-0.25, -0.2) is 0 Å². The van der Waals surface area contributed by atoms with Crippen molar-refractivity contribution >= 4 is 67.9 Å². The Morgan fingerprint density at radius 1 is 0.310 bits per heavy atom. The second-order valence-corrected chi connectivity index (χ2v) is 10.9. The molecular formula is C40H28N2. The van der Waals surface area contributed by atoms with E-state index in [4.69, 9.17) is 0 Å². The highest BCUT2D eigenvalue weighted by Crippen LogP contribution is 2.28. The Balaban J connectivity index is 0.972. The average molecular weight is 537 g/mol. The fourth-order valence-electron chi connectivity index (χ4n) is 5.90. The SMILES string of the molecule is C(=Cc1ccc2[nH]c3ccccc3c2c1)c1ccc(-c2ccc(/C=C\c3ccc4[nH]c5ccccc5c4c3)cc2)cc1. The summed E-state index contributed by atoms with van der Waals surface area (Å²) in [5.41, 5.74) is 11.9. The Hall–Kier alpha value is -5.60. The number of rotatable bonds is 5. The highest BCUT2D eigenvalue weighted by atomic mass is 14.7. The molecule has 0 aliphatic heterocycles. The molecule has 2 aromatic heterocycles. The molecule has 8 aromatic rings. The fraction of sp³-hybridized carbons (Fsp3) is 0. The first-order valence-electron chi connectivity index (χ1n) is 14.3. The Bertz CT molecular complexity index is 2110. The summed E-state index contributed by atoms with van der Waals surface area (Å²) in [6, 6.07) is 47.7. The molecule has 2 N–H and O–H groups in total. The zero-order valence-corrected chi connectivity index (χ0v) is 23.0. The third kappa shape index (κ3) is 4.49. The molecule has 0 atom stereocenters. The number of para-hydroxylation sites is 2. The molecule has 0 spiro atoms. The van der Waals surface area contributed by atoms with Gasteiger partial charge in [0.15, 0.2) is 0 Å². The van der Waals surface area contributed by atoms with E-state index in [0.717, 1.165) is 0 Å². The molecule has 8 rings (SSSR count). The monoisotopic (exact) mass is 536 g/mol. The second kappa shape index (κ2) is 10.1. The Morgan fingerprint density at radius 2 is 0.667 bits per heavy atom. The molecular weight excluding hydrogens is 508 g/mol. The Labute approximate surface area is 244 Å². The molecule has 2 nitrogen and oxygen atoms in total. The van der Waals surface area contributed by atoms with E-state index in [1.165, 1.54) is 77.0 Å². The standard InChI is InChI=1S/C40H28N2/c1-3-7-37-33(5-1)35-25-29(17-23-39(35)41-37)11-9-27-13-19-31(20-14-27)32-21-15-28(16-22-32)10-12-30-18-24-40-36(26-30)34-6-2-4-8-38(34)42-40/h1-26,41-42H/b11-9-,12-10?. The molecule has 0 amide bonds. The van der Waals surface area contributed by atoms with Crippen molar-refractivity contribution in [2.24, 2.45) is 0 Å². The molecule has 42 heavy (non-hydrogen) atoms. The molecule has 0 saturated heterocycles.